The lowest BCUT2D eigenvalue weighted by atomic mass is 10.3. The van der Waals surface area contributed by atoms with Gasteiger partial charge in [0.15, 0.2) is 5.82 Å². The van der Waals surface area contributed by atoms with Gasteiger partial charge < -0.3 is 15.2 Å². The Morgan fingerprint density at radius 1 is 1.04 bits per heavy atom. The minimum Gasteiger partial charge on any atom is -0.449 e. The molecule has 128 valence electrons. The Labute approximate surface area is 135 Å². The lowest BCUT2D eigenvalue weighted by molar-refractivity contribution is 0.159. The monoisotopic (exact) mass is 324 g/mol. The van der Waals surface area contributed by atoms with Crippen molar-refractivity contribution in [1.29, 1.82) is 0 Å². The van der Waals surface area contributed by atoms with Gasteiger partial charge in [-0.15, -0.1) is 0 Å². The maximum atomic E-state index is 11.6. The average molecular weight is 324 g/mol. The Balaban J connectivity index is 2.57. The smallest absolute Gasteiger partial charge is 0.412 e. The predicted molar refractivity (Wildman–Crippen MR) is 88.4 cm³/mol. The van der Waals surface area contributed by atoms with E-state index in [0.717, 1.165) is 25.7 Å². The van der Waals surface area contributed by atoms with E-state index in [1.165, 1.54) is 12.1 Å². The second-order valence-electron chi connectivity index (χ2n) is 4.86. The number of anilines is 3. The minimum atomic E-state index is -0.639. The van der Waals surface area contributed by atoms with Crippen LogP contribution in [0.25, 0.3) is 0 Å². The molecule has 1 aromatic rings. The Kier molecular flexibility index (Phi) is 8.27. The average Bonchev–Trinajstić information content (AvgIpc) is 2.51. The van der Waals surface area contributed by atoms with E-state index >= 15 is 0 Å². The molecule has 0 aliphatic rings. The molecule has 0 aromatic carbocycles. The van der Waals surface area contributed by atoms with Gasteiger partial charge >= 0.3 is 12.2 Å². The van der Waals surface area contributed by atoms with E-state index in [-0.39, 0.29) is 17.3 Å². The fourth-order valence-corrected chi connectivity index (χ4v) is 1.53. The number of aromatic nitrogens is 1. The molecule has 8 heteroatoms. The van der Waals surface area contributed by atoms with E-state index < -0.39 is 12.2 Å². The fraction of sp³-hybridized carbons (Fsp3) is 0.533. The predicted octanol–water partition coefficient (Wildman–Crippen LogP) is 3.36. The van der Waals surface area contributed by atoms with Crippen LogP contribution in [0.4, 0.5) is 26.9 Å². The van der Waals surface area contributed by atoms with Crippen molar-refractivity contribution in [3.63, 3.8) is 0 Å². The summed E-state index contributed by atoms with van der Waals surface area (Å²) in [5, 5.41) is 4.92. The molecule has 4 N–H and O–H groups in total. The van der Waals surface area contributed by atoms with Gasteiger partial charge in [-0.1, -0.05) is 26.7 Å². The number of nitrogens with zero attached hydrogens (tertiary/aromatic N) is 1. The molecular weight excluding hydrogens is 300 g/mol. The summed E-state index contributed by atoms with van der Waals surface area (Å²) in [6.07, 6.45) is 2.18. The summed E-state index contributed by atoms with van der Waals surface area (Å²) in [6.45, 7) is 4.66. The van der Waals surface area contributed by atoms with Crippen molar-refractivity contribution in [3.8, 4) is 0 Å². The lowest BCUT2D eigenvalue weighted by Crippen LogP contribution is -2.18. The first-order chi connectivity index (χ1) is 11.1. The van der Waals surface area contributed by atoms with Crippen LogP contribution in [0.3, 0.4) is 0 Å². The van der Waals surface area contributed by atoms with E-state index in [0.29, 0.717) is 13.2 Å². The molecule has 0 aliphatic carbocycles. The van der Waals surface area contributed by atoms with Crippen LogP contribution in [0.1, 0.15) is 39.5 Å². The molecule has 0 fully saturated rings. The number of rotatable bonds is 8. The van der Waals surface area contributed by atoms with E-state index in [9.17, 15) is 9.59 Å². The van der Waals surface area contributed by atoms with Crippen LogP contribution >= 0.6 is 0 Å². The van der Waals surface area contributed by atoms with Crippen molar-refractivity contribution in [2.45, 2.75) is 39.5 Å². The summed E-state index contributed by atoms with van der Waals surface area (Å²) >= 11 is 0. The van der Waals surface area contributed by atoms with E-state index in [2.05, 4.69) is 15.6 Å². The van der Waals surface area contributed by atoms with Gasteiger partial charge in [0, 0.05) is 0 Å². The molecular formula is C15H24N4O4. The second-order valence-corrected chi connectivity index (χ2v) is 4.86. The highest BCUT2D eigenvalue weighted by Crippen LogP contribution is 2.18. The van der Waals surface area contributed by atoms with Crippen molar-refractivity contribution in [3.05, 3.63) is 12.1 Å². The number of hydrogen-bond acceptors (Lipinski definition) is 6. The van der Waals surface area contributed by atoms with E-state index in [1.807, 2.05) is 13.8 Å². The number of nitrogens with two attached hydrogens (primary N) is 1. The molecule has 0 saturated heterocycles. The standard InChI is InChI=1S/C15H24N4O4/c1-3-5-9-22-14(20)18-12-8-7-11(16)13(17-12)19-15(21)23-10-6-4-2/h7-8H,3-6,9-10,16H2,1-2H3,(H2,17,18,19,20,21). The second kappa shape index (κ2) is 10.3. The Morgan fingerprint density at radius 2 is 1.61 bits per heavy atom. The third-order valence-electron chi connectivity index (χ3n) is 2.84. The maximum Gasteiger partial charge on any atom is 0.412 e. The zero-order valence-electron chi connectivity index (χ0n) is 13.6. The van der Waals surface area contributed by atoms with E-state index in [4.69, 9.17) is 15.2 Å². The summed E-state index contributed by atoms with van der Waals surface area (Å²) < 4.78 is 9.94. The van der Waals surface area contributed by atoms with Crippen LogP contribution in [0.5, 0.6) is 0 Å². The summed E-state index contributed by atoms with van der Waals surface area (Å²) in [6, 6.07) is 3.04. The first-order valence-electron chi connectivity index (χ1n) is 7.70. The number of carbonyl (C=O) groups excluding carboxylic acids is 2. The molecule has 0 unspecified atom stereocenters. The molecule has 2 amide bonds. The molecule has 0 aliphatic heterocycles. The van der Waals surface area contributed by atoms with Crippen molar-refractivity contribution < 1.29 is 19.1 Å². The molecule has 1 aromatic heterocycles. The van der Waals surface area contributed by atoms with Gasteiger partial charge in [-0.2, -0.15) is 0 Å². The van der Waals surface area contributed by atoms with Gasteiger partial charge in [0.25, 0.3) is 0 Å². The molecule has 0 saturated carbocycles. The molecule has 23 heavy (non-hydrogen) atoms. The maximum absolute atomic E-state index is 11.6. The number of unbranched alkanes of at least 4 members (excludes halogenated alkanes) is 2. The number of hydrogen-bond donors (Lipinski definition) is 3. The van der Waals surface area contributed by atoms with Crippen molar-refractivity contribution in [2.24, 2.45) is 0 Å². The largest absolute Gasteiger partial charge is 0.449 e. The third kappa shape index (κ3) is 7.35. The van der Waals surface area contributed by atoms with Gasteiger partial charge in [-0.3, -0.25) is 10.6 Å². The first-order valence-corrected chi connectivity index (χ1v) is 7.70. The highest BCUT2D eigenvalue weighted by Gasteiger charge is 2.10. The van der Waals surface area contributed by atoms with Crippen molar-refractivity contribution in [1.82, 2.24) is 4.98 Å². The van der Waals surface area contributed by atoms with Crippen LogP contribution in [0.15, 0.2) is 12.1 Å². The highest BCUT2D eigenvalue weighted by molar-refractivity contribution is 5.89. The Morgan fingerprint density at radius 3 is 2.17 bits per heavy atom. The topological polar surface area (TPSA) is 116 Å². The number of pyridine rings is 1. The van der Waals surface area contributed by atoms with Gasteiger partial charge in [0.1, 0.15) is 5.82 Å². The summed E-state index contributed by atoms with van der Waals surface area (Å²) in [5.41, 5.74) is 6.01. The van der Waals surface area contributed by atoms with Crippen LogP contribution in [0.2, 0.25) is 0 Å². The van der Waals surface area contributed by atoms with Crippen LogP contribution in [-0.4, -0.2) is 30.4 Å². The molecule has 0 spiro atoms. The zero-order valence-corrected chi connectivity index (χ0v) is 13.6. The number of nitrogen functional groups attached to an aromatic ring is 1. The lowest BCUT2D eigenvalue weighted by Gasteiger charge is -2.10. The van der Waals surface area contributed by atoms with Crippen molar-refractivity contribution in [2.75, 3.05) is 29.6 Å². The van der Waals surface area contributed by atoms with Gasteiger partial charge in [-0.05, 0) is 25.0 Å². The van der Waals surface area contributed by atoms with Gasteiger partial charge in [0.2, 0.25) is 0 Å². The Bertz CT molecular complexity index is 522. The number of carbonyl (C=O) groups is 2. The van der Waals surface area contributed by atoms with E-state index in [1.54, 1.807) is 0 Å². The van der Waals surface area contributed by atoms with Gasteiger partial charge in [0.05, 0.1) is 18.9 Å². The van der Waals surface area contributed by atoms with Gasteiger partial charge in [-0.25, -0.2) is 14.6 Å². The number of amides is 2. The fourth-order valence-electron chi connectivity index (χ4n) is 1.53. The summed E-state index contributed by atoms with van der Waals surface area (Å²) in [5.74, 6) is 0.349. The molecule has 1 rings (SSSR count). The molecule has 0 radical (unpaired) electrons. The summed E-state index contributed by atoms with van der Waals surface area (Å²) in [4.78, 5) is 27.2. The third-order valence-corrected chi connectivity index (χ3v) is 2.84. The molecule has 8 nitrogen and oxygen atoms in total. The summed E-state index contributed by atoms with van der Waals surface area (Å²) in [7, 11) is 0. The highest BCUT2D eigenvalue weighted by atomic mass is 16.6. The van der Waals surface area contributed by atoms with Crippen LogP contribution < -0.4 is 16.4 Å². The van der Waals surface area contributed by atoms with Crippen LogP contribution in [-0.2, 0) is 9.47 Å². The quantitative estimate of drug-likeness (QED) is 0.631. The first kappa shape index (κ1) is 18.5. The zero-order chi connectivity index (χ0) is 17.1. The van der Waals surface area contributed by atoms with Crippen molar-refractivity contribution >= 4 is 29.5 Å². The minimum absolute atomic E-state index is 0.123. The van der Waals surface area contributed by atoms with Crippen LogP contribution in [0, 0.1) is 0 Å². The Hall–Kier alpha value is -2.51. The SMILES string of the molecule is CCCCOC(=O)Nc1ccc(N)c(NC(=O)OCCCC)n1. The molecule has 0 atom stereocenters. The number of ether oxygens (including phenoxy) is 2. The normalized spacial score (nSPS) is 10.0. The number of nitrogens with one attached hydrogen (secondary N) is 2. The molecule has 0 bridgehead atoms. The molecule has 1 heterocycles.